The van der Waals surface area contributed by atoms with Crippen molar-refractivity contribution in [3.63, 3.8) is 0 Å². The molecule has 0 fully saturated rings. The lowest BCUT2D eigenvalue weighted by atomic mass is 10.2. The van der Waals surface area contributed by atoms with E-state index in [9.17, 15) is 28.1 Å². The maximum atomic E-state index is 12.8. The van der Waals surface area contributed by atoms with E-state index in [1.807, 2.05) is 0 Å². The number of nitrogens with zero attached hydrogens (tertiary/aromatic N) is 2. The van der Waals surface area contributed by atoms with Crippen LogP contribution in [0.3, 0.4) is 0 Å². The first-order valence-corrected chi connectivity index (χ1v) is 8.69. The van der Waals surface area contributed by atoms with Crippen molar-refractivity contribution in [1.29, 1.82) is 0 Å². The summed E-state index contributed by atoms with van der Waals surface area (Å²) in [7, 11) is 0. The monoisotopic (exact) mass is 414 g/mol. The fraction of sp³-hybridized carbons (Fsp3) is 0.125. The molecule has 0 aliphatic heterocycles. The molecule has 0 atom stereocenters. The summed E-state index contributed by atoms with van der Waals surface area (Å²) in [6.07, 6.45) is -1.76. The number of nitro groups is 1. The molecule has 2 rings (SSSR count). The molecule has 2 N–H and O–H groups in total. The molecule has 0 aliphatic rings. The summed E-state index contributed by atoms with van der Waals surface area (Å²) in [4.78, 5) is 21.4. The molecule has 0 heterocycles. The van der Waals surface area contributed by atoms with E-state index >= 15 is 0 Å². The van der Waals surface area contributed by atoms with E-state index in [0.29, 0.717) is 17.7 Å². The van der Waals surface area contributed by atoms with E-state index in [-0.39, 0.29) is 11.5 Å². The zero-order chi connectivity index (χ0) is 20.7. The molecular formula is C16H13F3N4O4S. The van der Waals surface area contributed by atoms with Crippen LogP contribution >= 0.6 is 11.9 Å². The summed E-state index contributed by atoms with van der Waals surface area (Å²) in [6.45, 7) is 0. The van der Waals surface area contributed by atoms with Crippen LogP contribution in [0.4, 0.5) is 23.7 Å². The minimum atomic E-state index is -4.71. The van der Waals surface area contributed by atoms with E-state index in [4.69, 9.17) is 4.74 Å². The number of carbonyl (C=O) groups is 1. The minimum Gasteiger partial charge on any atom is -0.450 e. The van der Waals surface area contributed by atoms with Gasteiger partial charge in [0.2, 0.25) is 5.75 Å². The van der Waals surface area contributed by atoms with Crippen molar-refractivity contribution in [3.05, 3.63) is 63.7 Å². The maximum Gasteiger partial charge on any atom is 0.416 e. The molecule has 0 spiro atoms. The van der Waals surface area contributed by atoms with Gasteiger partial charge in [0, 0.05) is 12.3 Å². The normalized spacial score (nSPS) is 11.3. The number of hydrogen-bond acceptors (Lipinski definition) is 6. The number of nitrogens with one attached hydrogen (secondary N) is 2. The molecule has 0 unspecified atom stereocenters. The van der Waals surface area contributed by atoms with Crippen molar-refractivity contribution < 1.29 is 27.6 Å². The van der Waals surface area contributed by atoms with Crippen molar-refractivity contribution in [2.24, 2.45) is 5.10 Å². The van der Waals surface area contributed by atoms with Crippen LogP contribution in [0.1, 0.15) is 11.1 Å². The lowest BCUT2D eigenvalue weighted by Crippen LogP contribution is -2.26. The van der Waals surface area contributed by atoms with Crippen LogP contribution in [0.5, 0.6) is 11.5 Å². The Bertz CT molecular complexity index is 906. The van der Waals surface area contributed by atoms with Crippen LogP contribution in [0.15, 0.2) is 47.6 Å². The molecule has 0 aromatic heterocycles. The first-order chi connectivity index (χ1) is 13.2. The second-order valence-electron chi connectivity index (χ2n) is 5.12. The van der Waals surface area contributed by atoms with E-state index in [1.54, 1.807) is 18.4 Å². The Hall–Kier alpha value is -3.28. The first kappa shape index (κ1) is 21.0. The molecule has 0 saturated heterocycles. The van der Waals surface area contributed by atoms with Crippen LogP contribution in [-0.4, -0.2) is 23.4 Å². The molecule has 2 aromatic rings. The van der Waals surface area contributed by atoms with Gasteiger partial charge in [-0.25, -0.2) is 10.2 Å². The van der Waals surface area contributed by atoms with Crippen molar-refractivity contribution >= 4 is 29.9 Å². The number of nitro benzene ring substituents is 1. The highest BCUT2D eigenvalue weighted by Gasteiger charge is 2.33. The van der Waals surface area contributed by atoms with Gasteiger partial charge in [0.1, 0.15) is 5.75 Å². The maximum absolute atomic E-state index is 12.8. The highest BCUT2D eigenvalue weighted by Crippen LogP contribution is 2.37. The number of urea groups is 1. The van der Waals surface area contributed by atoms with Crippen molar-refractivity contribution in [1.82, 2.24) is 10.1 Å². The summed E-state index contributed by atoms with van der Waals surface area (Å²) >= 11 is 1.08. The van der Waals surface area contributed by atoms with Gasteiger partial charge in [0.15, 0.2) is 0 Å². The topological polar surface area (TPSA) is 106 Å². The average Bonchev–Trinajstić information content (AvgIpc) is 2.61. The lowest BCUT2D eigenvalue weighted by Gasteiger charge is -2.10. The molecule has 8 nitrogen and oxygen atoms in total. The number of amides is 2. The van der Waals surface area contributed by atoms with E-state index in [0.717, 1.165) is 18.0 Å². The number of ether oxygens (including phenoxy) is 1. The summed E-state index contributed by atoms with van der Waals surface area (Å²) in [5, 5.41) is 14.8. The first-order valence-electron chi connectivity index (χ1n) is 7.46. The third-order valence-corrected chi connectivity index (χ3v) is 3.53. The van der Waals surface area contributed by atoms with Gasteiger partial charge in [0.05, 0.1) is 16.7 Å². The Kier molecular flexibility index (Phi) is 6.82. The zero-order valence-electron chi connectivity index (χ0n) is 14.2. The summed E-state index contributed by atoms with van der Waals surface area (Å²) < 4.78 is 46.0. The van der Waals surface area contributed by atoms with Crippen LogP contribution in [0, 0.1) is 10.1 Å². The summed E-state index contributed by atoms with van der Waals surface area (Å²) in [5.41, 5.74) is 0.724. The summed E-state index contributed by atoms with van der Waals surface area (Å²) in [5.74, 6) is -0.204. The highest BCUT2D eigenvalue weighted by molar-refractivity contribution is 7.97. The van der Waals surface area contributed by atoms with Crippen LogP contribution < -0.4 is 14.9 Å². The number of hydrazone groups is 1. The van der Waals surface area contributed by atoms with Gasteiger partial charge in [-0.3, -0.25) is 14.8 Å². The highest BCUT2D eigenvalue weighted by atomic mass is 32.2. The SMILES string of the molecule is CSNC(=O)N/N=C/c1cccc(Oc2ccc(C(F)(F)F)cc2[N+](=O)[O-])c1. The Morgan fingerprint density at radius 2 is 2.04 bits per heavy atom. The van der Waals surface area contributed by atoms with Crippen LogP contribution in [0.2, 0.25) is 0 Å². The molecule has 28 heavy (non-hydrogen) atoms. The van der Waals surface area contributed by atoms with E-state index < -0.39 is 28.4 Å². The van der Waals surface area contributed by atoms with Crippen LogP contribution in [0.25, 0.3) is 0 Å². The predicted molar refractivity (Wildman–Crippen MR) is 97.4 cm³/mol. The Balaban J connectivity index is 2.21. The van der Waals surface area contributed by atoms with Crippen LogP contribution in [-0.2, 0) is 6.18 Å². The molecule has 0 bridgehead atoms. The van der Waals surface area contributed by atoms with Gasteiger partial charge in [0.25, 0.3) is 0 Å². The summed E-state index contributed by atoms with van der Waals surface area (Å²) in [6, 6.07) is 7.54. The van der Waals surface area contributed by atoms with E-state index in [2.05, 4.69) is 15.2 Å². The molecule has 0 radical (unpaired) electrons. The zero-order valence-corrected chi connectivity index (χ0v) is 15.0. The molecule has 2 aromatic carbocycles. The number of carbonyl (C=O) groups excluding carboxylic acids is 1. The Morgan fingerprint density at radius 3 is 2.68 bits per heavy atom. The molecule has 0 aliphatic carbocycles. The average molecular weight is 414 g/mol. The number of benzene rings is 2. The van der Waals surface area contributed by atoms with Gasteiger partial charge in [-0.05, 0) is 29.8 Å². The van der Waals surface area contributed by atoms with Crippen molar-refractivity contribution in [3.8, 4) is 11.5 Å². The molecule has 12 heteroatoms. The van der Waals surface area contributed by atoms with Gasteiger partial charge in [-0.2, -0.15) is 18.3 Å². The third kappa shape index (κ3) is 5.87. The second kappa shape index (κ2) is 9.08. The minimum absolute atomic E-state index is 0.139. The quantitative estimate of drug-likeness (QED) is 0.317. The smallest absolute Gasteiger partial charge is 0.416 e. The van der Waals surface area contributed by atoms with E-state index in [1.165, 1.54) is 18.3 Å². The standard InChI is InChI=1S/C16H13F3N4O4S/c1-28-22-15(24)21-20-9-10-3-2-4-12(7-10)27-14-6-5-11(16(17,18)19)8-13(14)23(25)26/h2-9H,1H3,(H2,21,22,24)/b20-9+. The molecule has 0 saturated carbocycles. The number of alkyl halides is 3. The van der Waals surface area contributed by atoms with Crippen molar-refractivity contribution in [2.45, 2.75) is 6.18 Å². The fourth-order valence-electron chi connectivity index (χ4n) is 1.99. The van der Waals surface area contributed by atoms with Gasteiger partial charge in [-0.15, -0.1) is 0 Å². The molecular weight excluding hydrogens is 401 g/mol. The largest absolute Gasteiger partial charge is 0.450 e. The Morgan fingerprint density at radius 1 is 1.29 bits per heavy atom. The van der Waals surface area contributed by atoms with Gasteiger partial charge < -0.3 is 4.74 Å². The number of rotatable bonds is 6. The van der Waals surface area contributed by atoms with Crippen molar-refractivity contribution in [2.75, 3.05) is 6.26 Å². The third-order valence-electron chi connectivity index (χ3n) is 3.14. The predicted octanol–water partition coefficient (Wildman–Crippen LogP) is 4.32. The number of hydrogen-bond donors (Lipinski definition) is 2. The molecule has 148 valence electrons. The van der Waals surface area contributed by atoms with Gasteiger partial charge in [-0.1, -0.05) is 24.1 Å². The molecule has 2 amide bonds. The Labute approximate surface area is 161 Å². The second-order valence-corrected chi connectivity index (χ2v) is 5.73. The lowest BCUT2D eigenvalue weighted by molar-refractivity contribution is -0.385. The fourth-order valence-corrected chi connectivity index (χ4v) is 2.22. The number of halogens is 3. The van der Waals surface area contributed by atoms with Gasteiger partial charge >= 0.3 is 17.9 Å².